The molecule has 0 radical (unpaired) electrons. The predicted octanol–water partition coefficient (Wildman–Crippen LogP) is 1.56. The summed E-state index contributed by atoms with van der Waals surface area (Å²) in [5, 5.41) is 12.0. The minimum Gasteiger partial charge on any atom is -0.464 e. The van der Waals surface area contributed by atoms with Crippen LogP contribution in [0.4, 0.5) is 0 Å². The zero-order valence-electron chi connectivity index (χ0n) is 14.3. The van der Waals surface area contributed by atoms with Crippen molar-refractivity contribution in [1.29, 1.82) is 0 Å². The largest absolute Gasteiger partial charge is 0.464 e. The third-order valence-corrected chi connectivity index (χ3v) is 4.38. The molecule has 134 valence electrons. The second-order valence-electron chi connectivity index (χ2n) is 6.13. The van der Waals surface area contributed by atoms with Crippen LogP contribution < -0.4 is 0 Å². The predicted molar refractivity (Wildman–Crippen MR) is 90.0 cm³/mol. The molecule has 1 atom stereocenters. The van der Waals surface area contributed by atoms with E-state index in [4.69, 9.17) is 4.52 Å². The highest BCUT2D eigenvalue weighted by Crippen LogP contribution is 2.23. The second-order valence-corrected chi connectivity index (χ2v) is 6.13. The maximum Gasteiger partial charge on any atom is 0.360 e. The summed E-state index contributed by atoms with van der Waals surface area (Å²) in [4.78, 5) is 18.2. The Bertz CT molecular complexity index is 891. The van der Waals surface area contributed by atoms with E-state index in [0.29, 0.717) is 18.3 Å². The molecule has 1 fully saturated rings. The van der Waals surface area contributed by atoms with Gasteiger partial charge in [0.1, 0.15) is 0 Å². The van der Waals surface area contributed by atoms with Crippen molar-refractivity contribution in [2.45, 2.75) is 19.0 Å². The molecule has 0 N–H and O–H groups in total. The lowest BCUT2D eigenvalue weighted by Gasteiger charge is -2.13. The Morgan fingerprint density at radius 2 is 2.19 bits per heavy atom. The van der Waals surface area contributed by atoms with Gasteiger partial charge in [-0.1, -0.05) is 28.6 Å². The van der Waals surface area contributed by atoms with E-state index < -0.39 is 5.97 Å². The first-order chi connectivity index (χ1) is 12.7. The van der Waals surface area contributed by atoms with Gasteiger partial charge in [0.05, 0.1) is 25.9 Å². The third kappa shape index (κ3) is 3.33. The third-order valence-electron chi connectivity index (χ3n) is 4.38. The number of methoxy groups -OCH3 is 1. The molecular weight excluding hydrogens is 336 g/mol. The lowest BCUT2D eigenvalue weighted by molar-refractivity contribution is 0.0594. The summed E-state index contributed by atoms with van der Waals surface area (Å²) in [5.74, 6) is 0.694. The van der Waals surface area contributed by atoms with Crippen LogP contribution in [0.3, 0.4) is 0 Å². The quantitative estimate of drug-likeness (QED) is 0.637. The Labute approximate surface area is 149 Å². The number of aromatic nitrogens is 5. The number of rotatable bonds is 5. The van der Waals surface area contributed by atoms with Crippen molar-refractivity contribution in [3.05, 3.63) is 48.0 Å². The number of carbonyl (C=O) groups is 1. The molecule has 1 aliphatic rings. The van der Waals surface area contributed by atoms with Crippen molar-refractivity contribution in [3.8, 4) is 11.5 Å². The van der Waals surface area contributed by atoms with E-state index in [9.17, 15) is 4.79 Å². The molecule has 2 aromatic heterocycles. The standard InChI is InChI=1S/C17H18N6O3/c1-25-17(24)14-10-23(21-19-14)13-7-8-22(9-13)11-15-18-16(26-20-15)12-5-3-2-4-6-12/h2-6,10,13H,7-9,11H2,1H3/t13-/m0/s1. The van der Waals surface area contributed by atoms with Crippen molar-refractivity contribution in [1.82, 2.24) is 30.0 Å². The van der Waals surface area contributed by atoms with E-state index in [2.05, 4.69) is 30.1 Å². The van der Waals surface area contributed by atoms with Crippen LogP contribution in [0.15, 0.2) is 41.1 Å². The number of esters is 1. The van der Waals surface area contributed by atoms with Crippen LogP contribution in [-0.2, 0) is 11.3 Å². The van der Waals surface area contributed by atoms with Gasteiger partial charge < -0.3 is 9.26 Å². The van der Waals surface area contributed by atoms with Gasteiger partial charge in [0.15, 0.2) is 11.5 Å². The summed E-state index contributed by atoms with van der Waals surface area (Å²) in [6.07, 6.45) is 2.54. The normalized spacial score (nSPS) is 17.5. The van der Waals surface area contributed by atoms with Gasteiger partial charge in [0.2, 0.25) is 0 Å². The molecule has 9 heteroatoms. The van der Waals surface area contributed by atoms with Gasteiger partial charge in [-0.25, -0.2) is 9.48 Å². The SMILES string of the molecule is COC(=O)c1cn([C@H]2CCN(Cc3noc(-c4ccccc4)n3)C2)nn1. The molecule has 1 aromatic carbocycles. The zero-order chi connectivity index (χ0) is 17.9. The lowest BCUT2D eigenvalue weighted by atomic mass is 10.2. The van der Waals surface area contributed by atoms with Crippen molar-refractivity contribution >= 4 is 5.97 Å². The fourth-order valence-corrected chi connectivity index (χ4v) is 3.04. The van der Waals surface area contributed by atoms with E-state index in [-0.39, 0.29) is 11.7 Å². The molecule has 3 heterocycles. The summed E-state index contributed by atoms with van der Waals surface area (Å²) in [6.45, 7) is 2.26. The number of carbonyl (C=O) groups excluding carboxylic acids is 1. The van der Waals surface area contributed by atoms with Crippen molar-refractivity contribution in [3.63, 3.8) is 0 Å². The molecule has 0 saturated carbocycles. The van der Waals surface area contributed by atoms with Crippen molar-refractivity contribution < 1.29 is 14.1 Å². The van der Waals surface area contributed by atoms with Gasteiger partial charge in [-0.05, 0) is 18.6 Å². The average molecular weight is 354 g/mol. The molecule has 0 unspecified atom stereocenters. The minimum atomic E-state index is -0.480. The number of likely N-dealkylation sites (tertiary alicyclic amines) is 1. The molecule has 0 spiro atoms. The van der Waals surface area contributed by atoms with Gasteiger partial charge >= 0.3 is 5.97 Å². The molecule has 1 aliphatic heterocycles. The van der Waals surface area contributed by atoms with E-state index in [1.165, 1.54) is 7.11 Å². The van der Waals surface area contributed by atoms with E-state index >= 15 is 0 Å². The number of benzene rings is 1. The van der Waals surface area contributed by atoms with Gasteiger partial charge in [-0.15, -0.1) is 5.10 Å². The fourth-order valence-electron chi connectivity index (χ4n) is 3.04. The fraction of sp³-hybridized carbons (Fsp3) is 0.353. The van der Waals surface area contributed by atoms with Gasteiger partial charge in [0.25, 0.3) is 5.89 Å². The van der Waals surface area contributed by atoms with Gasteiger partial charge in [0, 0.05) is 18.7 Å². The summed E-state index contributed by atoms with van der Waals surface area (Å²) in [5.41, 5.74) is 1.13. The number of hydrogen-bond acceptors (Lipinski definition) is 8. The van der Waals surface area contributed by atoms with Crippen LogP contribution in [-0.4, -0.2) is 56.2 Å². The molecule has 0 amide bonds. The van der Waals surface area contributed by atoms with Gasteiger partial charge in [-0.2, -0.15) is 4.98 Å². The number of hydrogen-bond donors (Lipinski definition) is 0. The summed E-state index contributed by atoms with van der Waals surface area (Å²) in [7, 11) is 1.33. The van der Waals surface area contributed by atoms with Crippen LogP contribution in [0.5, 0.6) is 0 Å². The topological polar surface area (TPSA) is 99.2 Å². The Hall–Kier alpha value is -3.07. The summed E-state index contributed by atoms with van der Waals surface area (Å²) >= 11 is 0. The summed E-state index contributed by atoms with van der Waals surface area (Å²) in [6, 6.07) is 9.84. The first-order valence-electron chi connectivity index (χ1n) is 8.33. The molecule has 0 bridgehead atoms. The molecule has 26 heavy (non-hydrogen) atoms. The highest BCUT2D eigenvalue weighted by atomic mass is 16.5. The Balaban J connectivity index is 1.38. The Kier molecular flexibility index (Phi) is 4.44. The first-order valence-corrected chi connectivity index (χ1v) is 8.33. The van der Waals surface area contributed by atoms with Gasteiger partial charge in [-0.3, -0.25) is 4.90 Å². The van der Waals surface area contributed by atoms with Crippen LogP contribution in [0.1, 0.15) is 28.8 Å². The molecule has 1 saturated heterocycles. The number of nitrogens with zero attached hydrogens (tertiary/aromatic N) is 6. The molecular formula is C17H18N6O3. The van der Waals surface area contributed by atoms with Crippen LogP contribution >= 0.6 is 0 Å². The average Bonchev–Trinajstić information content (AvgIpc) is 3.42. The van der Waals surface area contributed by atoms with Crippen molar-refractivity contribution in [2.24, 2.45) is 0 Å². The maximum absolute atomic E-state index is 11.5. The maximum atomic E-state index is 11.5. The molecule has 3 aromatic rings. The molecule has 9 nitrogen and oxygen atoms in total. The number of ether oxygens (including phenoxy) is 1. The second kappa shape index (κ2) is 7.04. The minimum absolute atomic E-state index is 0.154. The lowest BCUT2D eigenvalue weighted by Crippen LogP contribution is -2.22. The van der Waals surface area contributed by atoms with E-state index in [0.717, 1.165) is 25.1 Å². The van der Waals surface area contributed by atoms with Crippen molar-refractivity contribution in [2.75, 3.05) is 20.2 Å². The van der Waals surface area contributed by atoms with Crippen LogP contribution in [0, 0.1) is 0 Å². The highest BCUT2D eigenvalue weighted by Gasteiger charge is 2.27. The first kappa shape index (κ1) is 16.4. The Morgan fingerprint density at radius 1 is 1.35 bits per heavy atom. The molecule has 4 rings (SSSR count). The van der Waals surface area contributed by atoms with E-state index in [1.54, 1.807) is 10.9 Å². The Morgan fingerprint density at radius 3 is 3.00 bits per heavy atom. The monoisotopic (exact) mass is 354 g/mol. The van der Waals surface area contributed by atoms with E-state index in [1.807, 2.05) is 30.3 Å². The van der Waals surface area contributed by atoms with Crippen LogP contribution in [0.25, 0.3) is 11.5 Å². The smallest absolute Gasteiger partial charge is 0.360 e. The zero-order valence-corrected chi connectivity index (χ0v) is 14.3. The van der Waals surface area contributed by atoms with Crippen LogP contribution in [0.2, 0.25) is 0 Å². The summed E-state index contributed by atoms with van der Waals surface area (Å²) < 4.78 is 11.7. The molecule has 0 aliphatic carbocycles. The highest BCUT2D eigenvalue weighted by molar-refractivity contribution is 5.86.